The second kappa shape index (κ2) is 11.2. The number of benzene rings is 2. The van der Waals surface area contributed by atoms with Gasteiger partial charge in [0, 0.05) is 24.5 Å². The van der Waals surface area contributed by atoms with Gasteiger partial charge in [-0.25, -0.2) is 0 Å². The van der Waals surface area contributed by atoms with Gasteiger partial charge in [-0.15, -0.1) is 0 Å². The molecule has 1 atom stereocenters. The summed E-state index contributed by atoms with van der Waals surface area (Å²) in [6.07, 6.45) is 5.24. The number of hydrogen-bond acceptors (Lipinski definition) is 5. The number of unbranched alkanes of at least 4 members (excludes halogenated alkanes) is 1. The van der Waals surface area contributed by atoms with Crippen LogP contribution >= 0.6 is 0 Å². The number of rotatable bonds is 9. The largest absolute Gasteiger partial charge is 0.507 e. The van der Waals surface area contributed by atoms with Crippen molar-refractivity contribution >= 4 is 17.4 Å². The van der Waals surface area contributed by atoms with Crippen LogP contribution in [0, 0.1) is 0 Å². The van der Waals surface area contributed by atoms with Crippen LogP contribution in [-0.4, -0.2) is 33.3 Å². The van der Waals surface area contributed by atoms with Gasteiger partial charge in [0.25, 0.3) is 11.7 Å². The first kappa shape index (κ1) is 25.2. The summed E-state index contributed by atoms with van der Waals surface area (Å²) >= 11 is 0. The maximum absolute atomic E-state index is 13.3. The number of likely N-dealkylation sites (tertiary alicyclic amines) is 1. The van der Waals surface area contributed by atoms with Gasteiger partial charge in [0.1, 0.15) is 11.5 Å². The normalized spacial score (nSPS) is 17.1. The standard InChI is InChI=1S/C30H32N2O4/c1-4-5-17-36-25-8-6-7-24(18-25)28(33)26-27(23-11-9-22(10-12-23)20(2)3)32(30(35)29(26)34)19-21-13-15-31-16-14-21/h6-16,18,20,27,33H,4-5,17,19H2,1-3H3/b28-26+. The summed E-state index contributed by atoms with van der Waals surface area (Å²) < 4.78 is 5.79. The number of aliphatic hydroxyl groups is 1. The van der Waals surface area contributed by atoms with E-state index in [1.54, 1.807) is 30.6 Å². The molecule has 1 unspecified atom stereocenters. The van der Waals surface area contributed by atoms with E-state index in [0.29, 0.717) is 23.8 Å². The van der Waals surface area contributed by atoms with Gasteiger partial charge in [0.15, 0.2) is 0 Å². The molecule has 0 bridgehead atoms. The minimum Gasteiger partial charge on any atom is -0.507 e. The van der Waals surface area contributed by atoms with Crippen LogP contribution in [0.15, 0.2) is 78.6 Å². The van der Waals surface area contributed by atoms with E-state index in [4.69, 9.17) is 4.74 Å². The van der Waals surface area contributed by atoms with Crippen molar-refractivity contribution in [2.24, 2.45) is 0 Å². The van der Waals surface area contributed by atoms with Gasteiger partial charge in [-0.2, -0.15) is 0 Å². The molecule has 36 heavy (non-hydrogen) atoms. The van der Waals surface area contributed by atoms with E-state index in [0.717, 1.165) is 29.5 Å². The number of aliphatic hydroxyl groups excluding tert-OH is 1. The van der Waals surface area contributed by atoms with E-state index < -0.39 is 17.7 Å². The molecule has 186 valence electrons. The number of pyridine rings is 1. The smallest absolute Gasteiger partial charge is 0.295 e. The molecule has 6 heteroatoms. The van der Waals surface area contributed by atoms with Gasteiger partial charge in [-0.1, -0.05) is 63.6 Å². The molecule has 4 rings (SSSR count). The number of ether oxygens (including phenoxy) is 1. The van der Waals surface area contributed by atoms with Crippen LogP contribution in [0.2, 0.25) is 0 Å². The number of amides is 1. The van der Waals surface area contributed by atoms with Crippen molar-refractivity contribution in [3.8, 4) is 5.75 Å². The third-order valence-corrected chi connectivity index (χ3v) is 6.44. The lowest BCUT2D eigenvalue weighted by molar-refractivity contribution is -0.140. The summed E-state index contributed by atoms with van der Waals surface area (Å²) in [5.41, 5.74) is 3.29. The minimum atomic E-state index is -0.718. The van der Waals surface area contributed by atoms with E-state index in [1.807, 2.05) is 42.5 Å². The summed E-state index contributed by atoms with van der Waals surface area (Å²) in [5, 5.41) is 11.4. The van der Waals surface area contributed by atoms with E-state index >= 15 is 0 Å². The molecule has 0 radical (unpaired) electrons. The average Bonchev–Trinajstić information content (AvgIpc) is 3.14. The maximum Gasteiger partial charge on any atom is 0.295 e. The highest BCUT2D eigenvalue weighted by Crippen LogP contribution is 2.41. The molecule has 1 amide bonds. The molecule has 0 saturated carbocycles. The summed E-state index contributed by atoms with van der Waals surface area (Å²) in [4.78, 5) is 32.1. The fourth-order valence-corrected chi connectivity index (χ4v) is 4.36. The zero-order valence-corrected chi connectivity index (χ0v) is 21.0. The number of nitrogens with zero attached hydrogens (tertiary/aromatic N) is 2. The van der Waals surface area contributed by atoms with Crippen LogP contribution in [-0.2, 0) is 16.1 Å². The molecular formula is C30H32N2O4. The Labute approximate surface area is 212 Å². The Bertz CT molecular complexity index is 1250. The number of Topliss-reactive ketones (excluding diaryl/α,β-unsaturated/α-hetero) is 1. The number of hydrogen-bond donors (Lipinski definition) is 1. The molecule has 1 aliphatic rings. The van der Waals surface area contributed by atoms with E-state index in [9.17, 15) is 14.7 Å². The number of aromatic nitrogens is 1. The van der Waals surface area contributed by atoms with Gasteiger partial charge in [0.05, 0.1) is 18.2 Å². The van der Waals surface area contributed by atoms with Crippen LogP contribution in [0.25, 0.3) is 5.76 Å². The van der Waals surface area contributed by atoms with Crippen LogP contribution in [0.4, 0.5) is 0 Å². The van der Waals surface area contributed by atoms with E-state index in [-0.39, 0.29) is 17.9 Å². The first-order valence-electron chi connectivity index (χ1n) is 12.4. The first-order chi connectivity index (χ1) is 17.4. The molecule has 2 aromatic carbocycles. The number of carbonyl (C=O) groups is 2. The van der Waals surface area contributed by atoms with Crippen molar-refractivity contribution < 1.29 is 19.4 Å². The third-order valence-electron chi connectivity index (χ3n) is 6.44. The molecule has 1 aromatic heterocycles. The van der Waals surface area contributed by atoms with Crippen molar-refractivity contribution in [1.29, 1.82) is 0 Å². The molecule has 1 saturated heterocycles. The average molecular weight is 485 g/mol. The lowest BCUT2D eigenvalue weighted by atomic mass is 9.93. The lowest BCUT2D eigenvalue weighted by Gasteiger charge is -2.26. The van der Waals surface area contributed by atoms with Crippen LogP contribution in [0.1, 0.15) is 67.8 Å². The molecule has 0 aliphatic carbocycles. The third kappa shape index (κ3) is 5.33. The minimum absolute atomic E-state index is 0.0806. The number of ketones is 1. The Morgan fingerprint density at radius 3 is 2.44 bits per heavy atom. The predicted molar refractivity (Wildman–Crippen MR) is 139 cm³/mol. The van der Waals surface area contributed by atoms with E-state index in [1.165, 1.54) is 4.90 Å². The van der Waals surface area contributed by atoms with Crippen LogP contribution < -0.4 is 4.74 Å². The predicted octanol–water partition coefficient (Wildman–Crippen LogP) is 6.01. The Hall–Kier alpha value is -3.93. The van der Waals surface area contributed by atoms with Crippen LogP contribution in [0.5, 0.6) is 5.75 Å². The Balaban J connectivity index is 1.79. The Kier molecular flexibility index (Phi) is 7.84. The van der Waals surface area contributed by atoms with Gasteiger partial charge >= 0.3 is 0 Å². The second-order valence-corrected chi connectivity index (χ2v) is 9.33. The van der Waals surface area contributed by atoms with Gasteiger partial charge < -0.3 is 14.7 Å². The van der Waals surface area contributed by atoms with Gasteiger partial charge in [-0.3, -0.25) is 14.6 Å². The molecule has 2 heterocycles. The molecule has 1 aliphatic heterocycles. The quantitative estimate of drug-likeness (QED) is 0.174. The number of carbonyl (C=O) groups excluding carboxylic acids is 2. The monoisotopic (exact) mass is 484 g/mol. The highest BCUT2D eigenvalue weighted by Gasteiger charge is 2.46. The SMILES string of the molecule is CCCCOc1cccc(/C(O)=C2\C(=O)C(=O)N(Cc3ccncc3)C2c2ccc(C(C)C)cc2)c1. The molecule has 1 fully saturated rings. The van der Waals surface area contributed by atoms with Gasteiger partial charge in [0.2, 0.25) is 0 Å². The molecular weight excluding hydrogens is 452 g/mol. The Morgan fingerprint density at radius 1 is 1.06 bits per heavy atom. The van der Waals surface area contributed by atoms with Crippen molar-refractivity contribution in [2.75, 3.05) is 6.61 Å². The summed E-state index contributed by atoms with van der Waals surface area (Å²) in [6.45, 7) is 7.10. The molecule has 1 N–H and O–H groups in total. The Morgan fingerprint density at radius 2 is 1.78 bits per heavy atom. The second-order valence-electron chi connectivity index (χ2n) is 9.33. The molecule has 0 spiro atoms. The van der Waals surface area contributed by atoms with Crippen molar-refractivity contribution in [1.82, 2.24) is 9.88 Å². The topological polar surface area (TPSA) is 79.7 Å². The van der Waals surface area contributed by atoms with Gasteiger partial charge in [-0.05, 0) is 53.3 Å². The molecule has 6 nitrogen and oxygen atoms in total. The summed E-state index contributed by atoms with van der Waals surface area (Å²) in [7, 11) is 0. The summed E-state index contributed by atoms with van der Waals surface area (Å²) in [6, 6.07) is 17.8. The van der Waals surface area contributed by atoms with Crippen molar-refractivity contribution in [2.45, 2.75) is 52.1 Å². The van der Waals surface area contributed by atoms with E-state index in [2.05, 4.69) is 25.8 Å². The summed E-state index contributed by atoms with van der Waals surface area (Å²) in [5.74, 6) is -0.586. The fraction of sp³-hybridized carbons (Fsp3) is 0.300. The maximum atomic E-state index is 13.3. The van der Waals surface area contributed by atoms with Crippen molar-refractivity contribution in [3.05, 3.63) is 101 Å². The highest BCUT2D eigenvalue weighted by molar-refractivity contribution is 6.46. The fourth-order valence-electron chi connectivity index (χ4n) is 4.36. The molecule has 3 aromatic rings. The van der Waals surface area contributed by atoms with Crippen molar-refractivity contribution in [3.63, 3.8) is 0 Å². The zero-order chi connectivity index (χ0) is 25.7. The zero-order valence-electron chi connectivity index (χ0n) is 21.0. The first-order valence-corrected chi connectivity index (χ1v) is 12.4. The van der Waals surface area contributed by atoms with Crippen LogP contribution in [0.3, 0.4) is 0 Å². The lowest BCUT2D eigenvalue weighted by Crippen LogP contribution is -2.29. The highest BCUT2D eigenvalue weighted by atomic mass is 16.5.